The Morgan fingerprint density at radius 3 is 0.589 bits per heavy atom. The number of unbranched alkanes of at least 4 members (excludes halogenated alkanes) is 1. The quantitative estimate of drug-likeness (QED) is 0.0353. The normalized spacial score (nSPS) is 17.1. The molecule has 0 saturated heterocycles. The van der Waals surface area contributed by atoms with Crippen LogP contribution in [0.2, 0.25) is 0 Å². The first kappa shape index (κ1) is 75.5. The summed E-state index contributed by atoms with van der Waals surface area (Å²) < 4.78 is 0. The van der Waals surface area contributed by atoms with Gasteiger partial charge in [-0.2, -0.15) is 0 Å². The maximum atomic E-state index is 13.5. The largest absolute Gasteiger partial charge is 0.356 e. The Morgan fingerprint density at radius 1 is 0.256 bits per heavy atom. The number of ketones is 8. The number of allylic oxidation sites excluding steroid dienone is 16. The number of hydrogen-bond acceptors (Lipinski definition) is 14. The lowest BCUT2D eigenvalue weighted by atomic mass is 9.71. The van der Waals surface area contributed by atoms with E-state index in [1.165, 1.54) is 0 Å². The molecule has 0 aromatic heterocycles. The van der Waals surface area contributed by atoms with Crippen LogP contribution in [0.3, 0.4) is 0 Å². The van der Waals surface area contributed by atoms with Crippen LogP contribution in [0.5, 0.6) is 0 Å². The van der Waals surface area contributed by atoms with Gasteiger partial charge in [0, 0.05) is 163 Å². The van der Waals surface area contributed by atoms with Crippen molar-refractivity contribution >= 4 is 69.9 Å². The number of nitrogens with one attached hydrogen (secondary N) is 4. The highest BCUT2D eigenvalue weighted by Gasteiger charge is 2.42. The molecule has 0 bridgehead atoms. The van der Waals surface area contributed by atoms with Crippen molar-refractivity contribution in [3.8, 4) is 0 Å². The summed E-state index contributed by atoms with van der Waals surface area (Å²) in [5.74, 6) is -2.60. The van der Waals surface area contributed by atoms with E-state index in [9.17, 15) is 57.5 Å². The lowest BCUT2D eigenvalue weighted by molar-refractivity contribution is -0.124. The number of rotatable bonds is 33. The van der Waals surface area contributed by atoms with E-state index in [2.05, 4.69) is 31.1 Å². The van der Waals surface area contributed by atoms with Crippen LogP contribution < -0.4 is 21.3 Å². The number of Topliss-reactive ketones (excluding diaryl/α,β-unsaturated/α-hetero) is 8. The summed E-state index contributed by atoms with van der Waals surface area (Å²) in [5, 5.41) is 12.1. The van der Waals surface area contributed by atoms with E-state index in [0.717, 1.165) is 12.8 Å². The smallest absolute Gasteiger partial charge is 0.220 e. The van der Waals surface area contributed by atoms with Crippen molar-refractivity contribution in [2.75, 3.05) is 65.4 Å². The third kappa shape index (κ3) is 18.4. The molecule has 4 N–H and O–H groups in total. The van der Waals surface area contributed by atoms with Crippen molar-refractivity contribution in [1.82, 2.24) is 31.1 Å². The van der Waals surface area contributed by atoms with Gasteiger partial charge in [0.2, 0.25) is 23.6 Å². The summed E-state index contributed by atoms with van der Waals surface area (Å²) in [6.45, 7) is 39.5. The van der Waals surface area contributed by atoms with E-state index in [1.807, 2.05) is 0 Å². The molecule has 494 valence electrons. The Balaban J connectivity index is 1.44. The van der Waals surface area contributed by atoms with Crippen LogP contribution in [0.1, 0.15) is 203 Å². The predicted molar refractivity (Wildman–Crippen MR) is 351 cm³/mol. The van der Waals surface area contributed by atoms with Crippen molar-refractivity contribution in [1.29, 1.82) is 0 Å². The highest BCUT2D eigenvalue weighted by Crippen LogP contribution is 2.42. The van der Waals surface area contributed by atoms with Crippen LogP contribution in [0.25, 0.3) is 0 Å². The molecule has 0 atom stereocenters. The van der Waals surface area contributed by atoms with Crippen LogP contribution >= 0.6 is 0 Å². The highest BCUT2D eigenvalue weighted by atomic mass is 16.2. The molecule has 0 radical (unpaired) electrons. The van der Waals surface area contributed by atoms with Gasteiger partial charge in [-0.05, 0) is 161 Å². The SMILES string of the molecule is CC1=C(C)C(=O)C(C(C)(C)CC(=O)NCCCN(CCCCN(CCCNC(=O)CC(C)(C)C2=C(C)C(=O)C(C)=C(C)C2=O)CCCNC(=O)CC(C)(C)C2=C(C)C(=O)C(C)=C(C)C2=O)CCCNC(=O)CC(C)(C)C2=C(C)C(=O)C(C)=C(C)C2=O)=C(C)C1=O. The van der Waals surface area contributed by atoms with Crippen molar-refractivity contribution in [2.45, 2.75) is 203 Å². The molecule has 18 nitrogen and oxygen atoms in total. The van der Waals surface area contributed by atoms with Crippen LogP contribution in [-0.2, 0) is 57.5 Å². The highest BCUT2D eigenvalue weighted by molar-refractivity contribution is 6.27. The maximum Gasteiger partial charge on any atom is 0.220 e. The average molecular weight is 1250 g/mol. The molecule has 90 heavy (non-hydrogen) atoms. The van der Waals surface area contributed by atoms with Crippen LogP contribution in [0.4, 0.5) is 0 Å². The van der Waals surface area contributed by atoms with Crippen LogP contribution in [0, 0.1) is 21.7 Å². The lowest BCUT2D eigenvalue weighted by Crippen LogP contribution is -2.37. The molecule has 18 heteroatoms. The number of nitrogens with zero attached hydrogens (tertiary/aromatic N) is 2. The average Bonchev–Trinajstić information content (AvgIpc) is 0.832. The van der Waals surface area contributed by atoms with Gasteiger partial charge in [0.05, 0.1) is 0 Å². The first-order valence-electron chi connectivity index (χ1n) is 32.1. The Morgan fingerprint density at radius 2 is 0.411 bits per heavy atom. The van der Waals surface area contributed by atoms with Crippen molar-refractivity contribution in [3.05, 3.63) is 89.2 Å². The number of carbonyl (C=O) groups is 12. The monoisotopic (exact) mass is 1240 g/mol. The third-order valence-electron chi connectivity index (χ3n) is 19.0. The number of carbonyl (C=O) groups excluding carboxylic acids is 12. The lowest BCUT2D eigenvalue weighted by Gasteiger charge is -2.31. The fraction of sp³-hybridized carbons (Fsp3) is 0.611. The standard InChI is InChI=1S/C72H104N6O12/c1-41-45(5)65(87)57(49(9)61(41)83)69(13,14)37-53(79)73-27-23-33-77(34-24-28-74-54(80)38-70(15,16)58-50(10)62(84)42(2)46(6)66(58)88)31-21-22-32-78(35-25-29-75-55(81)39-71(17,18)59-51(11)63(85)43(3)47(7)67(59)89)36-26-30-76-56(82)40-72(19,20)60-52(12)64(86)44(4)48(8)68(60)90/h21-40H2,1-20H3,(H,73,79)(H,74,80)(H,75,81)(H,76,82). The van der Waals surface area contributed by atoms with Gasteiger partial charge >= 0.3 is 0 Å². The summed E-state index contributed by atoms with van der Waals surface area (Å²) >= 11 is 0. The maximum absolute atomic E-state index is 13.5. The molecule has 0 heterocycles. The second-order valence-electron chi connectivity index (χ2n) is 28.1. The van der Waals surface area contributed by atoms with Gasteiger partial charge in [-0.1, -0.05) is 55.4 Å². The van der Waals surface area contributed by atoms with Gasteiger partial charge in [0.25, 0.3) is 0 Å². The fourth-order valence-electron chi connectivity index (χ4n) is 13.3. The second-order valence-corrected chi connectivity index (χ2v) is 28.1. The van der Waals surface area contributed by atoms with Gasteiger partial charge in [0.15, 0.2) is 46.3 Å². The number of hydrogen-bond donors (Lipinski definition) is 4. The first-order valence-corrected chi connectivity index (χ1v) is 32.1. The molecule has 4 aliphatic carbocycles. The van der Waals surface area contributed by atoms with E-state index >= 15 is 0 Å². The van der Waals surface area contributed by atoms with Gasteiger partial charge in [0.1, 0.15) is 0 Å². The Bertz CT molecular complexity index is 2840. The van der Waals surface area contributed by atoms with Crippen LogP contribution in [0.15, 0.2) is 89.2 Å². The summed E-state index contributed by atoms with van der Waals surface area (Å²) in [7, 11) is 0. The molecule has 0 fully saturated rings. The van der Waals surface area contributed by atoms with E-state index in [0.29, 0.717) is 180 Å². The minimum Gasteiger partial charge on any atom is -0.356 e. The summed E-state index contributed by atoms with van der Waals surface area (Å²) in [6.07, 6.45) is 4.01. The zero-order chi connectivity index (χ0) is 68.3. The molecule has 0 aromatic carbocycles. The van der Waals surface area contributed by atoms with Gasteiger partial charge in [-0.25, -0.2) is 0 Å². The van der Waals surface area contributed by atoms with Gasteiger partial charge in [-0.3, -0.25) is 57.5 Å². The molecule has 4 aliphatic rings. The van der Waals surface area contributed by atoms with Crippen molar-refractivity contribution in [3.63, 3.8) is 0 Å². The zero-order valence-corrected chi connectivity index (χ0v) is 57.9. The Kier molecular flexibility index (Phi) is 26.4. The molecule has 0 saturated carbocycles. The molecule has 0 aliphatic heterocycles. The first-order chi connectivity index (χ1) is 41.6. The van der Waals surface area contributed by atoms with E-state index in [4.69, 9.17) is 0 Å². The summed E-state index contributed by atoms with van der Waals surface area (Å²) in [6, 6.07) is 0. The minimum absolute atomic E-state index is 0.0100. The van der Waals surface area contributed by atoms with Gasteiger partial charge in [-0.15, -0.1) is 0 Å². The molecule has 4 amide bonds. The third-order valence-corrected chi connectivity index (χ3v) is 19.0. The van der Waals surface area contributed by atoms with Crippen molar-refractivity contribution in [2.24, 2.45) is 21.7 Å². The number of amides is 4. The molecule has 0 spiro atoms. The fourth-order valence-corrected chi connectivity index (χ4v) is 13.3. The van der Waals surface area contributed by atoms with E-state index < -0.39 is 21.7 Å². The van der Waals surface area contributed by atoms with Gasteiger partial charge < -0.3 is 31.1 Å². The molecule has 0 unspecified atom stereocenters. The zero-order valence-electron chi connectivity index (χ0n) is 57.9. The van der Waals surface area contributed by atoms with E-state index in [-0.39, 0.29) is 95.6 Å². The summed E-state index contributed by atoms with van der Waals surface area (Å²) in [4.78, 5) is 164. The Hall–Kier alpha value is -6.92. The molecule has 0 aromatic rings. The second kappa shape index (κ2) is 31.4. The summed E-state index contributed by atoms with van der Waals surface area (Å²) in [5.41, 5.74) is 2.57. The topological polar surface area (TPSA) is 259 Å². The molecular weight excluding hydrogens is 1140 g/mol. The Labute approximate surface area is 535 Å². The predicted octanol–water partition coefficient (Wildman–Crippen LogP) is 9.28. The minimum atomic E-state index is -0.892. The molecular formula is C72H104N6O12. The van der Waals surface area contributed by atoms with Crippen molar-refractivity contribution < 1.29 is 57.5 Å². The van der Waals surface area contributed by atoms with E-state index in [1.54, 1.807) is 138 Å². The molecule has 4 rings (SSSR count). The van der Waals surface area contributed by atoms with Crippen LogP contribution in [-0.4, -0.2) is 145 Å².